The summed E-state index contributed by atoms with van der Waals surface area (Å²) < 4.78 is 0. The third-order valence-electron chi connectivity index (χ3n) is 3.07. The van der Waals surface area contributed by atoms with Gasteiger partial charge in [0.05, 0.1) is 18.9 Å². The van der Waals surface area contributed by atoms with Crippen molar-refractivity contribution in [2.75, 3.05) is 26.8 Å². The van der Waals surface area contributed by atoms with E-state index >= 15 is 0 Å². The molecule has 2 aliphatic rings. The van der Waals surface area contributed by atoms with E-state index in [2.05, 4.69) is 51.8 Å². The van der Waals surface area contributed by atoms with Crippen molar-refractivity contribution < 1.29 is 0 Å². The monoisotopic (exact) mass is 228 g/mol. The van der Waals surface area contributed by atoms with Crippen LogP contribution in [0.4, 0.5) is 0 Å². The summed E-state index contributed by atoms with van der Waals surface area (Å²) in [7, 11) is 2.06. The second kappa shape index (κ2) is 4.13. The molecule has 0 aliphatic carbocycles. The number of hydrogen-bond acceptors (Lipinski definition) is 4. The predicted octanol–water partition coefficient (Wildman–Crippen LogP) is 0.849. The normalized spacial score (nSPS) is 19.1. The van der Waals surface area contributed by atoms with Gasteiger partial charge in [-0.15, -0.1) is 0 Å². The molecule has 4 nitrogen and oxygen atoms in total. The summed E-state index contributed by atoms with van der Waals surface area (Å²) in [4.78, 5) is 6.72. The molecule has 2 N–H and O–H groups in total. The SMILES string of the molecule is CN1CNC(c2ccccc2)=C2NCCN=C21. The minimum absolute atomic E-state index is 0.800. The second-order valence-corrected chi connectivity index (χ2v) is 4.28. The van der Waals surface area contributed by atoms with Crippen LogP contribution in [0.3, 0.4) is 0 Å². The van der Waals surface area contributed by atoms with Crippen molar-refractivity contribution in [1.82, 2.24) is 15.5 Å². The van der Waals surface area contributed by atoms with Crippen LogP contribution in [0.15, 0.2) is 41.0 Å². The predicted molar refractivity (Wildman–Crippen MR) is 69.4 cm³/mol. The van der Waals surface area contributed by atoms with Crippen LogP contribution in [-0.2, 0) is 0 Å². The number of aliphatic imine (C=N–C) groups is 1. The molecule has 0 radical (unpaired) electrons. The lowest BCUT2D eigenvalue weighted by atomic mass is 10.1. The summed E-state index contributed by atoms with van der Waals surface area (Å²) in [5.41, 5.74) is 3.48. The van der Waals surface area contributed by atoms with Gasteiger partial charge in [0.25, 0.3) is 0 Å². The van der Waals surface area contributed by atoms with E-state index in [1.54, 1.807) is 0 Å². The van der Waals surface area contributed by atoms with Gasteiger partial charge in [0.2, 0.25) is 0 Å². The Morgan fingerprint density at radius 1 is 1.12 bits per heavy atom. The first-order valence-corrected chi connectivity index (χ1v) is 5.89. The molecule has 0 spiro atoms. The van der Waals surface area contributed by atoms with E-state index < -0.39 is 0 Å². The first-order chi connectivity index (χ1) is 8.36. The van der Waals surface area contributed by atoms with Gasteiger partial charge in [-0.3, -0.25) is 4.99 Å². The fourth-order valence-electron chi connectivity index (χ4n) is 2.22. The zero-order chi connectivity index (χ0) is 11.7. The average Bonchev–Trinajstić information content (AvgIpc) is 2.41. The molecule has 0 aromatic heterocycles. The number of nitrogens with one attached hydrogen (secondary N) is 2. The molecule has 88 valence electrons. The van der Waals surface area contributed by atoms with Crippen LogP contribution in [0, 0.1) is 0 Å². The van der Waals surface area contributed by atoms with Gasteiger partial charge in [-0.2, -0.15) is 0 Å². The average molecular weight is 228 g/mol. The number of benzene rings is 1. The van der Waals surface area contributed by atoms with Crippen molar-refractivity contribution in [1.29, 1.82) is 0 Å². The van der Waals surface area contributed by atoms with Crippen LogP contribution in [0.2, 0.25) is 0 Å². The Hall–Kier alpha value is -1.97. The van der Waals surface area contributed by atoms with Gasteiger partial charge in [-0.05, 0) is 5.56 Å². The highest BCUT2D eigenvalue weighted by molar-refractivity contribution is 6.05. The van der Waals surface area contributed by atoms with Crippen molar-refractivity contribution in [2.24, 2.45) is 4.99 Å². The first kappa shape index (κ1) is 10.2. The molecule has 0 bridgehead atoms. The third kappa shape index (κ3) is 1.75. The molecule has 4 heteroatoms. The van der Waals surface area contributed by atoms with Gasteiger partial charge in [0.1, 0.15) is 5.70 Å². The van der Waals surface area contributed by atoms with E-state index in [1.807, 2.05) is 6.07 Å². The Morgan fingerprint density at radius 2 is 1.94 bits per heavy atom. The Labute approximate surface area is 101 Å². The number of fused-ring (bicyclic) bond motifs is 1. The maximum Gasteiger partial charge on any atom is 0.150 e. The summed E-state index contributed by atoms with van der Waals surface area (Å²) in [6.07, 6.45) is 0. The maximum atomic E-state index is 4.59. The summed E-state index contributed by atoms with van der Waals surface area (Å²) in [6, 6.07) is 10.4. The zero-order valence-electron chi connectivity index (χ0n) is 9.90. The van der Waals surface area contributed by atoms with E-state index in [0.717, 1.165) is 37.0 Å². The van der Waals surface area contributed by atoms with Crippen LogP contribution in [0.5, 0.6) is 0 Å². The van der Waals surface area contributed by atoms with Crippen molar-refractivity contribution in [2.45, 2.75) is 0 Å². The lowest BCUT2D eigenvalue weighted by Crippen LogP contribution is -2.48. The molecule has 3 rings (SSSR count). The van der Waals surface area contributed by atoms with Crippen molar-refractivity contribution in [3.05, 3.63) is 41.6 Å². The molecule has 2 heterocycles. The first-order valence-electron chi connectivity index (χ1n) is 5.89. The molecule has 0 atom stereocenters. The highest BCUT2D eigenvalue weighted by Gasteiger charge is 2.24. The van der Waals surface area contributed by atoms with Gasteiger partial charge in [0.15, 0.2) is 5.84 Å². The van der Waals surface area contributed by atoms with E-state index in [-0.39, 0.29) is 0 Å². The zero-order valence-corrected chi connectivity index (χ0v) is 9.90. The summed E-state index contributed by atoms with van der Waals surface area (Å²) in [5.74, 6) is 1.06. The highest BCUT2D eigenvalue weighted by Crippen LogP contribution is 2.21. The van der Waals surface area contributed by atoms with E-state index in [1.165, 1.54) is 5.56 Å². The van der Waals surface area contributed by atoms with Crippen molar-refractivity contribution in [3.63, 3.8) is 0 Å². The van der Waals surface area contributed by atoms with Gasteiger partial charge < -0.3 is 15.5 Å². The van der Waals surface area contributed by atoms with Crippen LogP contribution in [-0.4, -0.2) is 37.5 Å². The largest absolute Gasteiger partial charge is 0.379 e. The molecule has 1 aromatic rings. The third-order valence-corrected chi connectivity index (χ3v) is 3.07. The standard InChI is InChI=1S/C13H16N4/c1-17-9-16-11(10-5-3-2-4-6-10)12-13(17)15-8-7-14-12/h2-6,14,16H,7-9H2,1H3. The maximum absolute atomic E-state index is 4.59. The molecule has 0 fully saturated rings. The Kier molecular flexibility index (Phi) is 2.48. The highest BCUT2D eigenvalue weighted by atomic mass is 15.3. The molecule has 17 heavy (non-hydrogen) atoms. The Bertz CT molecular complexity index is 475. The number of amidine groups is 1. The number of hydrogen-bond donors (Lipinski definition) is 2. The lowest BCUT2D eigenvalue weighted by Gasteiger charge is -2.34. The smallest absolute Gasteiger partial charge is 0.150 e. The molecule has 0 unspecified atom stereocenters. The van der Waals surface area contributed by atoms with Gasteiger partial charge in [0, 0.05) is 13.6 Å². The summed E-state index contributed by atoms with van der Waals surface area (Å²) in [5, 5.41) is 6.89. The molecule has 2 aliphatic heterocycles. The van der Waals surface area contributed by atoms with E-state index in [9.17, 15) is 0 Å². The number of likely N-dealkylation sites (N-methyl/N-ethyl adjacent to an activating group) is 1. The molecular formula is C13H16N4. The molecular weight excluding hydrogens is 212 g/mol. The van der Waals surface area contributed by atoms with Gasteiger partial charge in [-0.1, -0.05) is 30.3 Å². The number of nitrogens with zero attached hydrogens (tertiary/aromatic N) is 2. The fraction of sp³-hybridized carbons (Fsp3) is 0.308. The summed E-state index contributed by atoms with van der Waals surface area (Å²) >= 11 is 0. The van der Waals surface area contributed by atoms with Crippen LogP contribution >= 0.6 is 0 Å². The van der Waals surface area contributed by atoms with Crippen LogP contribution in [0.1, 0.15) is 5.56 Å². The van der Waals surface area contributed by atoms with Crippen LogP contribution in [0.25, 0.3) is 5.70 Å². The van der Waals surface area contributed by atoms with Gasteiger partial charge in [-0.25, -0.2) is 0 Å². The van der Waals surface area contributed by atoms with Crippen molar-refractivity contribution in [3.8, 4) is 0 Å². The molecule has 1 aromatic carbocycles. The fourth-order valence-corrected chi connectivity index (χ4v) is 2.22. The molecule has 0 amide bonds. The molecule has 0 saturated heterocycles. The van der Waals surface area contributed by atoms with E-state index in [4.69, 9.17) is 0 Å². The summed E-state index contributed by atoms with van der Waals surface area (Å²) in [6.45, 7) is 2.56. The lowest BCUT2D eigenvalue weighted by molar-refractivity contribution is 0.462. The second-order valence-electron chi connectivity index (χ2n) is 4.28. The topological polar surface area (TPSA) is 39.7 Å². The Balaban J connectivity index is 2.09. The van der Waals surface area contributed by atoms with E-state index in [0.29, 0.717) is 0 Å². The molecule has 0 saturated carbocycles. The minimum atomic E-state index is 0.800. The Morgan fingerprint density at radius 3 is 2.76 bits per heavy atom. The van der Waals surface area contributed by atoms with Crippen molar-refractivity contribution >= 4 is 11.5 Å². The minimum Gasteiger partial charge on any atom is -0.379 e. The van der Waals surface area contributed by atoms with Gasteiger partial charge >= 0.3 is 0 Å². The number of rotatable bonds is 1. The van der Waals surface area contributed by atoms with Crippen LogP contribution < -0.4 is 10.6 Å². The quantitative estimate of drug-likeness (QED) is 0.748.